The van der Waals surface area contributed by atoms with E-state index in [1.165, 1.54) is 12.3 Å². The van der Waals surface area contributed by atoms with Crippen LogP contribution in [0, 0.1) is 6.92 Å². The van der Waals surface area contributed by atoms with E-state index in [0.29, 0.717) is 23.4 Å². The Bertz CT molecular complexity index is 1300. The third-order valence-electron chi connectivity index (χ3n) is 5.51. The zero-order valence-corrected chi connectivity index (χ0v) is 18.5. The highest BCUT2D eigenvalue weighted by atomic mass is 19.4. The van der Waals surface area contributed by atoms with Crippen LogP contribution in [0.15, 0.2) is 66.9 Å². The molecule has 1 N–H and O–H groups in total. The molecule has 0 aliphatic carbocycles. The quantitative estimate of drug-likeness (QED) is 0.347. The summed E-state index contributed by atoms with van der Waals surface area (Å²) in [6.45, 7) is 2.33. The minimum atomic E-state index is -4.47. The van der Waals surface area contributed by atoms with Gasteiger partial charge in [-0.25, -0.2) is 0 Å². The molecule has 0 aliphatic rings. The fourth-order valence-electron chi connectivity index (χ4n) is 4.01. The summed E-state index contributed by atoms with van der Waals surface area (Å²) in [6, 6.07) is 17.4. The molecule has 0 saturated carbocycles. The van der Waals surface area contributed by atoms with Crippen molar-refractivity contribution in [1.29, 1.82) is 0 Å². The normalized spacial score (nSPS) is 11.5. The summed E-state index contributed by atoms with van der Waals surface area (Å²) in [6.07, 6.45) is -2.98. The maximum atomic E-state index is 13.5. The molecule has 1 aromatic heterocycles. The highest BCUT2D eigenvalue weighted by Crippen LogP contribution is 2.39. The molecule has 4 aromatic rings. The number of ether oxygens (including phenoxy) is 2. The zero-order chi connectivity index (χ0) is 23.6. The molecule has 1 heterocycles. The molecule has 0 aliphatic heterocycles. The van der Waals surface area contributed by atoms with Gasteiger partial charge in [-0.1, -0.05) is 36.4 Å². The summed E-state index contributed by atoms with van der Waals surface area (Å²) >= 11 is 0. The summed E-state index contributed by atoms with van der Waals surface area (Å²) < 4.78 is 51.4. The Hall–Kier alpha value is -3.74. The van der Waals surface area contributed by atoms with E-state index >= 15 is 0 Å². The van der Waals surface area contributed by atoms with Crippen molar-refractivity contribution in [3.05, 3.63) is 83.6 Å². The van der Waals surface area contributed by atoms with Crippen LogP contribution >= 0.6 is 0 Å². The van der Waals surface area contributed by atoms with E-state index in [4.69, 9.17) is 9.47 Å². The summed E-state index contributed by atoms with van der Waals surface area (Å²) in [7, 11) is 3.18. The van der Waals surface area contributed by atoms with Gasteiger partial charge in [-0.3, -0.25) is 4.98 Å². The Morgan fingerprint density at radius 3 is 2.42 bits per heavy atom. The monoisotopic (exact) mass is 452 g/mol. The van der Waals surface area contributed by atoms with Crippen LogP contribution in [0.2, 0.25) is 0 Å². The molecular formula is C26H23F3N2O2. The van der Waals surface area contributed by atoms with Crippen LogP contribution in [0.1, 0.15) is 16.7 Å². The van der Waals surface area contributed by atoms with E-state index in [2.05, 4.69) is 10.3 Å². The Balaban J connectivity index is 1.71. The first-order chi connectivity index (χ1) is 15.8. The van der Waals surface area contributed by atoms with Crippen molar-refractivity contribution in [2.24, 2.45) is 0 Å². The number of aromatic nitrogens is 1. The second-order valence-electron chi connectivity index (χ2n) is 7.60. The van der Waals surface area contributed by atoms with Gasteiger partial charge in [0, 0.05) is 29.4 Å². The van der Waals surface area contributed by atoms with Crippen LogP contribution in [0.4, 0.5) is 18.9 Å². The standard InChI is InChI=1S/C26H23F3N2O2/c1-16-14-31-24-20(10-6-11-21(24)26(27,28)29)23(16)17-7-4-9-19(13-17)30-15-18-8-5-12-22(32-2)25(18)33-3/h4-14,30H,15H2,1-3H3. The first kappa shape index (κ1) is 22.5. The Morgan fingerprint density at radius 1 is 0.939 bits per heavy atom. The van der Waals surface area contributed by atoms with Crippen LogP contribution in [0.5, 0.6) is 11.5 Å². The lowest BCUT2D eigenvalue weighted by Gasteiger charge is -2.16. The van der Waals surface area contributed by atoms with Crippen LogP contribution < -0.4 is 14.8 Å². The molecule has 0 spiro atoms. The number of aryl methyl sites for hydroxylation is 1. The van der Waals surface area contributed by atoms with E-state index in [0.717, 1.165) is 34.0 Å². The van der Waals surface area contributed by atoms with E-state index < -0.39 is 11.7 Å². The molecule has 0 unspecified atom stereocenters. The number of anilines is 1. The third-order valence-corrected chi connectivity index (χ3v) is 5.51. The molecule has 7 heteroatoms. The van der Waals surface area contributed by atoms with Crippen LogP contribution in [-0.2, 0) is 12.7 Å². The summed E-state index contributed by atoms with van der Waals surface area (Å²) in [5, 5.41) is 3.84. The van der Waals surface area contributed by atoms with E-state index in [1.807, 2.05) is 49.4 Å². The van der Waals surface area contributed by atoms with Gasteiger partial charge in [-0.15, -0.1) is 0 Å². The number of para-hydroxylation sites is 2. The van der Waals surface area contributed by atoms with Gasteiger partial charge in [0.2, 0.25) is 0 Å². The predicted molar refractivity (Wildman–Crippen MR) is 124 cm³/mol. The van der Waals surface area contributed by atoms with Crippen molar-refractivity contribution < 1.29 is 22.6 Å². The number of halogens is 3. The summed E-state index contributed by atoms with van der Waals surface area (Å²) in [5.41, 5.74) is 3.30. The fraction of sp³-hybridized carbons (Fsp3) is 0.192. The first-order valence-electron chi connectivity index (χ1n) is 10.3. The molecule has 4 nitrogen and oxygen atoms in total. The van der Waals surface area contributed by atoms with Gasteiger partial charge >= 0.3 is 6.18 Å². The molecule has 170 valence electrons. The minimum Gasteiger partial charge on any atom is -0.493 e. The van der Waals surface area contributed by atoms with Crippen molar-refractivity contribution in [2.45, 2.75) is 19.6 Å². The van der Waals surface area contributed by atoms with Gasteiger partial charge in [0.15, 0.2) is 11.5 Å². The van der Waals surface area contributed by atoms with Crippen molar-refractivity contribution in [3.8, 4) is 22.6 Å². The number of fused-ring (bicyclic) bond motifs is 1. The number of nitrogens with zero attached hydrogens (tertiary/aromatic N) is 1. The highest BCUT2D eigenvalue weighted by molar-refractivity contribution is 5.98. The largest absolute Gasteiger partial charge is 0.493 e. The van der Waals surface area contributed by atoms with Crippen LogP contribution in [0.3, 0.4) is 0 Å². The molecule has 33 heavy (non-hydrogen) atoms. The molecular weight excluding hydrogens is 429 g/mol. The van der Waals surface area contributed by atoms with Crippen molar-refractivity contribution >= 4 is 16.6 Å². The highest BCUT2D eigenvalue weighted by Gasteiger charge is 2.33. The van der Waals surface area contributed by atoms with Crippen molar-refractivity contribution in [3.63, 3.8) is 0 Å². The van der Waals surface area contributed by atoms with Gasteiger partial charge in [-0.2, -0.15) is 13.2 Å². The fourth-order valence-corrected chi connectivity index (χ4v) is 4.01. The number of rotatable bonds is 6. The molecule has 4 rings (SSSR count). The second-order valence-corrected chi connectivity index (χ2v) is 7.60. The number of nitrogens with one attached hydrogen (secondary N) is 1. The SMILES string of the molecule is COc1cccc(CNc2cccc(-c3c(C)cnc4c(C(F)(F)F)cccc34)c2)c1OC. The molecule has 0 fully saturated rings. The summed E-state index contributed by atoms with van der Waals surface area (Å²) in [4.78, 5) is 4.11. The number of hydrogen-bond donors (Lipinski definition) is 1. The smallest absolute Gasteiger partial charge is 0.418 e. The molecule has 0 bridgehead atoms. The molecule has 0 atom stereocenters. The van der Waals surface area contributed by atoms with Gasteiger partial charge in [0.05, 0.1) is 25.3 Å². The average Bonchev–Trinajstić information content (AvgIpc) is 2.81. The van der Waals surface area contributed by atoms with Crippen LogP contribution in [-0.4, -0.2) is 19.2 Å². The maximum Gasteiger partial charge on any atom is 0.418 e. The second kappa shape index (κ2) is 9.02. The van der Waals surface area contributed by atoms with Gasteiger partial charge in [0.25, 0.3) is 0 Å². The molecule has 0 radical (unpaired) electrons. The van der Waals surface area contributed by atoms with Gasteiger partial charge in [-0.05, 0) is 47.9 Å². The molecule has 0 amide bonds. The van der Waals surface area contributed by atoms with E-state index in [9.17, 15) is 13.2 Å². The average molecular weight is 452 g/mol. The number of alkyl halides is 3. The first-order valence-corrected chi connectivity index (χ1v) is 10.3. The topological polar surface area (TPSA) is 43.4 Å². The third kappa shape index (κ3) is 4.44. The Morgan fingerprint density at radius 2 is 1.70 bits per heavy atom. The summed E-state index contributed by atoms with van der Waals surface area (Å²) in [5.74, 6) is 1.30. The van der Waals surface area contributed by atoms with Gasteiger partial charge < -0.3 is 14.8 Å². The van der Waals surface area contributed by atoms with E-state index in [1.54, 1.807) is 20.3 Å². The van der Waals surface area contributed by atoms with Gasteiger partial charge in [0.1, 0.15) is 0 Å². The van der Waals surface area contributed by atoms with Crippen LogP contribution in [0.25, 0.3) is 22.0 Å². The number of methoxy groups -OCH3 is 2. The van der Waals surface area contributed by atoms with Crippen molar-refractivity contribution in [1.82, 2.24) is 4.98 Å². The number of benzene rings is 3. The number of hydrogen-bond acceptors (Lipinski definition) is 4. The molecule has 3 aromatic carbocycles. The Labute approximate surface area is 190 Å². The zero-order valence-electron chi connectivity index (χ0n) is 18.5. The minimum absolute atomic E-state index is 0.0509. The predicted octanol–water partition coefficient (Wildman–Crippen LogP) is 6.86. The number of pyridine rings is 1. The lowest BCUT2D eigenvalue weighted by molar-refractivity contribution is -0.136. The lowest BCUT2D eigenvalue weighted by atomic mass is 9.95. The Kier molecular flexibility index (Phi) is 6.14. The van der Waals surface area contributed by atoms with Crippen molar-refractivity contribution in [2.75, 3.05) is 19.5 Å². The lowest BCUT2D eigenvalue weighted by Crippen LogP contribution is -2.07. The molecule has 0 saturated heterocycles. The maximum absolute atomic E-state index is 13.5. The van der Waals surface area contributed by atoms with E-state index in [-0.39, 0.29) is 5.52 Å².